The van der Waals surface area contributed by atoms with Gasteiger partial charge in [-0.3, -0.25) is 0 Å². The van der Waals surface area contributed by atoms with E-state index in [2.05, 4.69) is 16.9 Å². The highest BCUT2D eigenvalue weighted by Crippen LogP contribution is 2.21. The zero-order chi connectivity index (χ0) is 19.9. The molecule has 0 fully saturated rings. The number of hydrogen-bond acceptors (Lipinski definition) is 4. The average Bonchev–Trinajstić information content (AvgIpc) is 2.58. The fourth-order valence-electron chi connectivity index (χ4n) is 3.00. The van der Waals surface area contributed by atoms with E-state index in [-0.39, 0.29) is 4.90 Å². The predicted molar refractivity (Wildman–Crippen MR) is 110 cm³/mol. The van der Waals surface area contributed by atoms with Gasteiger partial charge in [0.2, 0.25) is 0 Å². The Morgan fingerprint density at radius 3 is 2.26 bits per heavy atom. The molecular formula is C21H28N2O3S. The quantitative estimate of drug-likeness (QED) is 0.391. The molecule has 0 saturated heterocycles. The molecule has 2 aromatic rings. The number of hydrazone groups is 1. The third-order valence-corrected chi connectivity index (χ3v) is 5.68. The highest BCUT2D eigenvalue weighted by molar-refractivity contribution is 7.89. The lowest BCUT2D eigenvalue weighted by molar-refractivity contribution is 0.306. The maximum atomic E-state index is 12.6. The molecule has 0 aliphatic rings. The summed E-state index contributed by atoms with van der Waals surface area (Å²) < 4.78 is 30.8. The van der Waals surface area contributed by atoms with Crippen LogP contribution in [0.5, 0.6) is 5.75 Å². The Bertz CT molecular complexity index is 865. The number of rotatable bonds is 9. The molecule has 5 nitrogen and oxygen atoms in total. The van der Waals surface area contributed by atoms with Gasteiger partial charge in [-0.25, -0.2) is 4.83 Å². The van der Waals surface area contributed by atoms with Crippen molar-refractivity contribution >= 4 is 16.2 Å². The van der Waals surface area contributed by atoms with Gasteiger partial charge in [-0.05, 0) is 68.1 Å². The molecule has 1 N–H and O–H groups in total. The Labute approximate surface area is 162 Å². The minimum Gasteiger partial charge on any atom is -0.494 e. The van der Waals surface area contributed by atoms with E-state index in [1.165, 1.54) is 6.21 Å². The second-order valence-corrected chi connectivity index (χ2v) is 8.30. The zero-order valence-corrected chi connectivity index (χ0v) is 17.3. The number of nitrogens with zero attached hydrogens (tertiary/aromatic N) is 1. The summed E-state index contributed by atoms with van der Waals surface area (Å²) in [5.74, 6) is 0.801. The molecule has 0 heterocycles. The fourth-order valence-corrected chi connectivity index (χ4v) is 4.25. The molecule has 146 valence electrons. The van der Waals surface area contributed by atoms with Gasteiger partial charge in [0.05, 0.1) is 17.7 Å². The van der Waals surface area contributed by atoms with Crippen molar-refractivity contribution in [3.8, 4) is 5.75 Å². The van der Waals surface area contributed by atoms with Crippen molar-refractivity contribution in [3.63, 3.8) is 0 Å². The van der Waals surface area contributed by atoms with E-state index in [0.29, 0.717) is 17.7 Å². The Hall–Kier alpha value is -2.34. The first-order valence-corrected chi connectivity index (χ1v) is 10.7. The number of hydrogen-bond donors (Lipinski definition) is 1. The normalized spacial score (nSPS) is 11.7. The van der Waals surface area contributed by atoms with Gasteiger partial charge in [0.15, 0.2) is 0 Å². The lowest BCUT2D eigenvalue weighted by Crippen LogP contribution is -2.20. The average molecular weight is 389 g/mol. The van der Waals surface area contributed by atoms with Crippen molar-refractivity contribution in [3.05, 3.63) is 58.7 Å². The van der Waals surface area contributed by atoms with E-state index in [9.17, 15) is 8.42 Å². The molecule has 0 saturated carbocycles. The largest absolute Gasteiger partial charge is 0.494 e. The van der Waals surface area contributed by atoms with Crippen LogP contribution in [0, 0.1) is 20.8 Å². The van der Waals surface area contributed by atoms with E-state index in [0.717, 1.165) is 36.1 Å². The number of nitrogens with one attached hydrogen (secondary N) is 1. The van der Waals surface area contributed by atoms with Crippen LogP contribution in [-0.2, 0) is 10.0 Å². The van der Waals surface area contributed by atoms with Crippen LogP contribution in [0.4, 0.5) is 0 Å². The van der Waals surface area contributed by atoms with Gasteiger partial charge in [-0.15, -0.1) is 0 Å². The predicted octanol–water partition coefficient (Wildman–Crippen LogP) is 4.49. The van der Waals surface area contributed by atoms with Crippen molar-refractivity contribution in [1.29, 1.82) is 0 Å². The topological polar surface area (TPSA) is 67.8 Å². The van der Waals surface area contributed by atoms with Crippen molar-refractivity contribution in [1.82, 2.24) is 4.83 Å². The molecule has 0 unspecified atom stereocenters. The van der Waals surface area contributed by atoms with Crippen LogP contribution in [0.3, 0.4) is 0 Å². The first-order valence-electron chi connectivity index (χ1n) is 9.19. The smallest absolute Gasteiger partial charge is 0.277 e. The van der Waals surface area contributed by atoms with Crippen LogP contribution in [0.2, 0.25) is 0 Å². The third kappa shape index (κ3) is 6.10. The molecule has 2 aromatic carbocycles. The van der Waals surface area contributed by atoms with E-state index in [1.807, 2.05) is 43.3 Å². The van der Waals surface area contributed by atoms with Gasteiger partial charge in [0, 0.05) is 0 Å². The maximum absolute atomic E-state index is 12.6. The summed E-state index contributed by atoms with van der Waals surface area (Å²) in [7, 11) is -3.71. The Kier molecular flexibility index (Phi) is 7.42. The van der Waals surface area contributed by atoms with Gasteiger partial charge in [-0.1, -0.05) is 37.5 Å². The SMILES string of the molecule is CCCCCOc1ccc(/C=N/NS(=O)(=O)c2c(C)cc(C)cc2C)cc1. The summed E-state index contributed by atoms with van der Waals surface area (Å²) in [6.07, 6.45) is 4.84. The van der Waals surface area contributed by atoms with Crippen LogP contribution >= 0.6 is 0 Å². The lowest BCUT2D eigenvalue weighted by Gasteiger charge is -2.11. The van der Waals surface area contributed by atoms with Gasteiger partial charge >= 0.3 is 0 Å². The first kappa shape index (κ1) is 21.0. The van der Waals surface area contributed by atoms with Crippen LogP contribution in [0.25, 0.3) is 0 Å². The molecule has 2 rings (SSSR count). The minimum atomic E-state index is -3.71. The summed E-state index contributed by atoms with van der Waals surface area (Å²) >= 11 is 0. The molecule has 0 atom stereocenters. The van der Waals surface area contributed by atoms with Crippen molar-refractivity contribution in [2.24, 2.45) is 5.10 Å². The molecular weight excluding hydrogens is 360 g/mol. The molecule has 0 amide bonds. The van der Waals surface area contributed by atoms with Gasteiger partial charge < -0.3 is 4.74 Å². The van der Waals surface area contributed by atoms with Crippen LogP contribution in [0.15, 0.2) is 46.4 Å². The molecule has 0 aliphatic heterocycles. The van der Waals surface area contributed by atoms with E-state index in [4.69, 9.17) is 4.74 Å². The van der Waals surface area contributed by atoms with E-state index < -0.39 is 10.0 Å². The summed E-state index contributed by atoms with van der Waals surface area (Å²) in [5.41, 5.74) is 3.24. The van der Waals surface area contributed by atoms with E-state index in [1.54, 1.807) is 13.8 Å². The van der Waals surface area contributed by atoms with Crippen molar-refractivity contribution in [2.45, 2.75) is 51.9 Å². The molecule has 0 aliphatic carbocycles. The fraction of sp³-hybridized carbons (Fsp3) is 0.381. The molecule has 0 bridgehead atoms. The Morgan fingerprint density at radius 1 is 1.04 bits per heavy atom. The molecule has 0 spiro atoms. The van der Waals surface area contributed by atoms with Crippen LogP contribution in [0.1, 0.15) is 48.4 Å². The highest BCUT2D eigenvalue weighted by Gasteiger charge is 2.18. The Balaban J connectivity index is 2.00. The summed E-state index contributed by atoms with van der Waals surface area (Å²) in [5, 5.41) is 3.91. The number of unbranched alkanes of at least 4 members (excludes halogenated alkanes) is 2. The van der Waals surface area contributed by atoms with Gasteiger partial charge in [0.25, 0.3) is 10.0 Å². The van der Waals surface area contributed by atoms with E-state index >= 15 is 0 Å². The van der Waals surface area contributed by atoms with Crippen molar-refractivity contribution < 1.29 is 13.2 Å². The molecule has 0 aromatic heterocycles. The molecule has 0 radical (unpaired) electrons. The number of benzene rings is 2. The summed E-state index contributed by atoms with van der Waals surface area (Å²) in [6, 6.07) is 11.1. The monoisotopic (exact) mass is 388 g/mol. The highest BCUT2D eigenvalue weighted by atomic mass is 32.2. The zero-order valence-electron chi connectivity index (χ0n) is 16.5. The minimum absolute atomic E-state index is 0.279. The first-order chi connectivity index (χ1) is 12.8. The van der Waals surface area contributed by atoms with Crippen molar-refractivity contribution in [2.75, 3.05) is 6.61 Å². The Morgan fingerprint density at radius 2 is 1.67 bits per heavy atom. The summed E-state index contributed by atoms with van der Waals surface area (Å²) in [4.78, 5) is 2.58. The van der Waals surface area contributed by atoms with Crippen LogP contribution in [-0.4, -0.2) is 21.2 Å². The number of aryl methyl sites for hydroxylation is 3. The lowest BCUT2D eigenvalue weighted by atomic mass is 10.1. The standard InChI is InChI=1S/C21H28N2O3S/c1-5-6-7-12-26-20-10-8-19(9-11-20)15-22-23-27(24,25)21-17(3)13-16(2)14-18(21)4/h8-11,13-15,23H,5-7,12H2,1-4H3/b22-15+. The molecule has 6 heteroatoms. The molecule has 27 heavy (non-hydrogen) atoms. The number of ether oxygens (including phenoxy) is 1. The van der Waals surface area contributed by atoms with Gasteiger partial charge in [-0.2, -0.15) is 13.5 Å². The van der Waals surface area contributed by atoms with Crippen LogP contribution < -0.4 is 9.57 Å². The summed E-state index contributed by atoms with van der Waals surface area (Å²) in [6.45, 7) is 8.38. The number of sulfonamides is 1. The second kappa shape index (κ2) is 9.55. The maximum Gasteiger partial charge on any atom is 0.277 e. The third-order valence-electron chi connectivity index (χ3n) is 4.16. The second-order valence-electron chi connectivity index (χ2n) is 6.71. The van der Waals surface area contributed by atoms with Gasteiger partial charge in [0.1, 0.15) is 5.75 Å².